The Morgan fingerprint density at radius 2 is 2.19 bits per heavy atom. The molecule has 0 saturated carbocycles. The van der Waals surface area contributed by atoms with Gasteiger partial charge in [-0.05, 0) is 44.1 Å². The van der Waals surface area contributed by atoms with E-state index in [9.17, 15) is 9.59 Å². The van der Waals surface area contributed by atoms with Crippen molar-refractivity contribution in [1.82, 2.24) is 10.3 Å². The zero-order chi connectivity index (χ0) is 14.7. The van der Waals surface area contributed by atoms with Gasteiger partial charge in [-0.1, -0.05) is 0 Å². The number of hydrogen-bond acceptors (Lipinski definition) is 5. The minimum absolute atomic E-state index is 0.0324. The van der Waals surface area contributed by atoms with Gasteiger partial charge in [0.25, 0.3) is 0 Å². The highest BCUT2D eigenvalue weighted by Gasteiger charge is 2.15. The molecule has 1 aromatic carbocycles. The van der Waals surface area contributed by atoms with E-state index in [2.05, 4.69) is 15.6 Å². The van der Waals surface area contributed by atoms with E-state index in [1.807, 2.05) is 0 Å². The molecular weight excluding hydrogens is 274 g/mol. The number of aromatic amines is 1. The van der Waals surface area contributed by atoms with Crippen molar-refractivity contribution in [2.45, 2.75) is 18.9 Å². The molecule has 1 aromatic heterocycles. The van der Waals surface area contributed by atoms with Crippen molar-refractivity contribution in [2.75, 3.05) is 25.0 Å². The van der Waals surface area contributed by atoms with Crippen LogP contribution in [-0.2, 0) is 9.53 Å². The first kappa shape index (κ1) is 13.8. The largest absolute Gasteiger partial charge is 0.417 e. The van der Waals surface area contributed by atoms with E-state index in [0.717, 1.165) is 25.9 Å². The van der Waals surface area contributed by atoms with Gasteiger partial charge in [0.05, 0.1) is 11.6 Å². The number of carbonyl (C=O) groups excluding carboxylic acids is 1. The van der Waals surface area contributed by atoms with Crippen LogP contribution in [0.15, 0.2) is 27.4 Å². The number of hydrogen-bond donors (Lipinski definition) is 3. The quantitative estimate of drug-likeness (QED) is 0.775. The lowest BCUT2D eigenvalue weighted by Crippen LogP contribution is -2.34. The van der Waals surface area contributed by atoms with Gasteiger partial charge in [-0.25, -0.2) is 4.79 Å². The van der Waals surface area contributed by atoms with E-state index in [1.165, 1.54) is 0 Å². The molecule has 0 aliphatic carbocycles. The van der Waals surface area contributed by atoms with E-state index in [0.29, 0.717) is 16.8 Å². The highest BCUT2D eigenvalue weighted by atomic mass is 16.5. The molecule has 2 aromatic rings. The molecule has 21 heavy (non-hydrogen) atoms. The van der Waals surface area contributed by atoms with Crippen LogP contribution >= 0.6 is 0 Å². The third kappa shape index (κ3) is 3.50. The molecule has 0 atom stereocenters. The van der Waals surface area contributed by atoms with Crippen LogP contribution in [0.3, 0.4) is 0 Å². The summed E-state index contributed by atoms with van der Waals surface area (Å²) in [4.78, 5) is 25.5. The third-order valence-corrected chi connectivity index (χ3v) is 3.44. The second-order valence-corrected chi connectivity index (χ2v) is 5.03. The summed E-state index contributed by atoms with van der Waals surface area (Å²) in [5.41, 5.74) is 1.61. The van der Waals surface area contributed by atoms with Gasteiger partial charge in [-0.2, -0.15) is 0 Å². The topological polar surface area (TPSA) is 96.4 Å². The van der Waals surface area contributed by atoms with Gasteiger partial charge in [-0.3, -0.25) is 9.78 Å². The maximum Gasteiger partial charge on any atom is 0.417 e. The van der Waals surface area contributed by atoms with Gasteiger partial charge in [0, 0.05) is 5.69 Å². The summed E-state index contributed by atoms with van der Waals surface area (Å²) in [5, 5.41) is 5.98. The van der Waals surface area contributed by atoms with Crippen LogP contribution in [0.1, 0.15) is 12.8 Å². The molecule has 0 radical (unpaired) electrons. The average molecular weight is 291 g/mol. The monoisotopic (exact) mass is 291 g/mol. The zero-order valence-corrected chi connectivity index (χ0v) is 11.5. The third-order valence-electron chi connectivity index (χ3n) is 3.44. The van der Waals surface area contributed by atoms with E-state index < -0.39 is 5.76 Å². The summed E-state index contributed by atoms with van der Waals surface area (Å²) in [6.07, 6.45) is 2.00. The highest BCUT2D eigenvalue weighted by molar-refractivity contribution is 5.93. The fourth-order valence-corrected chi connectivity index (χ4v) is 2.38. The number of anilines is 1. The van der Waals surface area contributed by atoms with Crippen LogP contribution in [0, 0.1) is 0 Å². The predicted octanol–water partition coefficient (Wildman–Crippen LogP) is 0.828. The molecule has 0 spiro atoms. The van der Waals surface area contributed by atoms with Crippen LogP contribution < -0.4 is 16.4 Å². The number of benzene rings is 1. The lowest BCUT2D eigenvalue weighted by Gasteiger charge is -2.22. The lowest BCUT2D eigenvalue weighted by atomic mass is 10.1. The number of fused-ring (bicyclic) bond motifs is 1. The van der Waals surface area contributed by atoms with Crippen molar-refractivity contribution in [3.63, 3.8) is 0 Å². The first-order chi connectivity index (χ1) is 10.2. The molecule has 1 aliphatic heterocycles. The first-order valence-electron chi connectivity index (χ1n) is 6.96. The fraction of sp³-hybridized carbons (Fsp3) is 0.429. The summed E-state index contributed by atoms with van der Waals surface area (Å²) < 4.78 is 10.5. The Labute approximate surface area is 120 Å². The van der Waals surface area contributed by atoms with Crippen molar-refractivity contribution >= 4 is 22.7 Å². The average Bonchev–Trinajstić information content (AvgIpc) is 2.85. The van der Waals surface area contributed by atoms with Crippen molar-refractivity contribution in [2.24, 2.45) is 0 Å². The number of amides is 1. The smallest absolute Gasteiger partial charge is 0.408 e. The van der Waals surface area contributed by atoms with Crippen LogP contribution in [0.2, 0.25) is 0 Å². The Balaban J connectivity index is 1.56. The summed E-state index contributed by atoms with van der Waals surface area (Å²) in [7, 11) is 0. The Kier molecular flexibility index (Phi) is 4.03. The molecular formula is C14H17N3O4. The maximum absolute atomic E-state index is 11.8. The number of aromatic nitrogens is 1. The molecule has 2 heterocycles. The second-order valence-electron chi connectivity index (χ2n) is 5.03. The number of ether oxygens (including phenoxy) is 1. The van der Waals surface area contributed by atoms with Gasteiger partial charge in [0.2, 0.25) is 5.91 Å². The van der Waals surface area contributed by atoms with Crippen molar-refractivity contribution in [1.29, 1.82) is 0 Å². The normalized spacial score (nSPS) is 16.2. The number of rotatable bonds is 4. The van der Waals surface area contributed by atoms with Crippen LogP contribution in [-0.4, -0.2) is 36.7 Å². The number of piperidine rings is 1. The highest BCUT2D eigenvalue weighted by Crippen LogP contribution is 2.16. The summed E-state index contributed by atoms with van der Waals surface area (Å²) >= 11 is 0. The van der Waals surface area contributed by atoms with Gasteiger partial charge >= 0.3 is 5.76 Å². The number of oxazole rings is 1. The molecule has 112 valence electrons. The Hall–Kier alpha value is -2.12. The predicted molar refractivity (Wildman–Crippen MR) is 77.3 cm³/mol. The molecule has 1 amide bonds. The van der Waals surface area contributed by atoms with Crippen LogP contribution in [0.25, 0.3) is 11.1 Å². The number of H-pyrrole nitrogens is 1. The molecule has 1 fully saturated rings. The van der Waals surface area contributed by atoms with Crippen molar-refractivity contribution in [3.05, 3.63) is 28.7 Å². The molecule has 7 nitrogen and oxygen atoms in total. The van der Waals surface area contributed by atoms with Gasteiger partial charge in [0.15, 0.2) is 5.58 Å². The van der Waals surface area contributed by atoms with Gasteiger partial charge in [-0.15, -0.1) is 0 Å². The van der Waals surface area contributed by atoms with E-state index in [-0.39, 0.29) is 18.6 Å². The maximum atomic E-state index is 11.8. The summed E-state index contributed by atoms with van der Waals surface area (Å²) in [6.45, 7) is 1.89. The summed E-state index contributed by atoms with van der Waals surface area (Å²) in [5.74, 6) is -0.721. The van der Waals surface area contributed by atoms with Crippen molar-refractivity contribution in [3.8, 4) is 0 Å². The first-order valence-corrected chi connectivity index (χ1v) is 6.96. The summed E-state index contributed by atoms with van der Waals surface area (Å²) in [6, 6.07) is 4.97. The number of nitrogens with one attached hydrogen (secondary N) is 3. The SMILES string of the molecule is O=C(COC1CCNCC1)Nc1ccc2oc(=O)[nH]c2c1. The zero-order valence-electron chi connectivity index (χ0n) is 11.5. The van der Waals surface area contributed by atoms with E-state index in [1.54, 1.807) is 18.2 Å². The van der Waals surface area contributed by atoms with Gasteiger partial charge in [0.1, 0.15) is 6.61 Å². The molecule has 0 unspecified atom stereocenters. The van der Waals surface area contributed by atoms with E-state index >= 15 is 0 Å². The van der Waals surface area contributed by atoms with Crippen LogP contribution in [0.5, 0.6) is 0 Å². The van der Waals surface area contributed by atoms with Crippen molar-refractivity contribution < 1.29 is 13.9 Å². The molecule has 3 N–H and O–H groups in total. The molecule has 7 heteroatoms. The lowest BCUT2D eigenvalue weighted by molar-refractivity contribution is -0.123. The molecule has 3 rings (SSSR count). The minimum Gasteiger partial charge on any atom is -0.408 e. The fourth-order valence-electron chi connectivity index (χ4n) is 2.38. The van der Waals surface area contributed by atoms with Gasteiger partial charge < -0.3 is 19.8 Å². The molecule has 1 aliphatic rings. The standard InChI is InChI=1S/C14H17N3O4/c18-13(8-20-10-3-5-15-6-4-10)16-9-1-2-12-11(7-9)17-14(19)21-12/h1-2,7,10,15H,3-6,8H2,(H,16,18)(H,17,19). The van der Waals surface area contributed by atoms with Crippen LogP contribution in [0.4, 0.5) is 5.69 Å². The Bertz CT molecular complexity index is 685. The second kappa shape index (κ2) is 6.11. The Morgan fingerprint density at radius 3 is 3.00 bits per heavy atom. The molecule has 1 saturated heterocycles. The van der Waals surface area contributed by atoms with E-state index in [4.69, 9.17) is 9.15 Å². The number of carbonyl (C=O) groups is 1. The Morgan fingerprint density at radius 1 is 1.38 bits per heavy atom. The molecule has 0 bridgehead atoms. The minimum atomic E-state index is -0.511.